The van der Waals surface area contributed by atoms with Crippen molar-refractivity contribution in [1.82, 2.24) is 9.88 Å². The fourth-order valence-corrected chi connectivity index (χ4v) is 1.87. The molecular weight excluding hydrogens is 341 g/mol. The summed E-state index contributed by atoms with van der Waals surface area (Å²) in [6.07, 6.45) is 0.788. The van der Waals surface area contributed by atoms with E-state index >= 15 is 0 Å². The van der Waals surface area contributed by atoms with Gasteiger partial charge < -0.3 is 21.2 Å². The van der Waals surface area contributed by atoms with Gasteiger partial charge in [0.25, 0.3) is 5.91 Å². The third kappa shape index (κ3) is 5.02. The Morgan fingerprint density at radius 1 is 1.35 bits per heavy atom. The number of amides is 1. The molecule has 0 unspecified atom stereocenters. The van der Waals surface area contributed by atoms with E-state index in [9.17, 15) is 4.79 Å². The summed E-state index contributed by atoms with van der Waals surface area (Å²) in [5.74, 6) is 0.0606. The first-order valence-electron chi connectivity index (χ1n) is 6.60. The smallest absolute Gasteiger partial charge is 0.276 e. The van der Waals surface area contributed by atoms with Crippen molar-refractivity contribution >= 4 is 47.6 Å². The van der Waals surface area contributed by atoms with Crippen LogP contribution in [0, 0.1) is 5.41 Å². The highest BCUT2D eigenvalue weighted by Gasteiger charge is 2.16. The van der Waals surface area contributed by atoms with Crippen molar-refractivity contribution in [2.75, 3.05) is 20.2 Å². The van der Waals surface area contributed by atoms with Gasteiger partial charge in [-0.15, -0.1) is 24.8 Å². The topological polar surface area (TPSA) is 121 Å². The third-order valence-electron chi connectivity index (χ3n) is 3.11. The lowest BCUT2D eigenvalue weighted by molar-refractivity contribution is 0.0864. The highest BCUT2D eigenvalue weighted by atomic mass is 35.5. The first-order valence-corrected chi connectivity index (χ1v) is 6.60. The van der Waals surface area contributed by atoms with E-state index in [2.05, 4.69) is 4.98 Å². The molecule has 9 heteroatoms. The molecule has 0 saturated carbocycles. The van der Waals surface area contributed by atoms with Gasteiger partial charge in [-0.1, -0.05) is 0 Å². The molecule has 23 heavy (non-hydrogen) atoms. The van der Waals surface area contributed by atoms with Crippen LogP contribution in [0.2, 0.25) is 0 Å². The number of aromatic amines is 1. The molecule has 0 aliphatic heterocycles. The quantitative estimate of drug-likeness (QED) is 0.367. The summed E-state index contributed by atoms with van der Waals surface area (Å²) in [5.41, 5.74) is 11.9. The number of nitrogens with zero attached hydrogens (tertiary/aromatic N) is 1. The lowest BCUT2D eigenvalue weighted by Crippen LogP contribution is -2.38. The number of fused-ring (bicyclic) bond motifs is 1. The number of ether oxygens (including phenoxy) is 1. The average Bonchev–Trinajstić information content (AvgIpc) is 2.89. The Morgan fingerprint density at radius 2 is 2.04 bits per heavy atom. The standard InChI is InChI=1S/C14H19N5O2.2ClH/c1-19(14(16)17)13(20)12-7-9-3-4-10(8-11(9)18-12)21-6-2-5-15;;/h3-4,7-8,18H,2,5-6,15H2,1H3,(H3,16,17);2*1H. The molecular formula is C14H21Cl2N5O2. The number of benzene rings is 1. The van der Waals surface area contributed by atoms with Gasteiger partial charge in [0.1, 0.15) is 11.4 Å². The molecule has 0 bridgehead atoms. The molecule has 7 nitrogen and oxygen atoms in total. The van der Waals surface area contributed by atoms with E-state index in [0.29, 0.717) is 18.8 Å². The molecule has 2 rings (SSSR count). The van der Waals surface area contributed by atoms with Crippen LogP contribution < -0.4 is 16.2 Å². The van der Waals surface area contributed by atoms with Crippen LogP contribution >= 0.6 is 24.8 Å². The van der Waals surface area contributed by atoms with Gasteiger partial charge in [0.05, 0.1) is 6.61 Å². The summed E-state index contributed by atoms with van der Waals surface area (Å²) in [5, 5.41) is 8.17. The second-order valence-electron chi connectivity index (χ2n) is 4.67. The minimum absolute atomic E-state index is 0. The second kappa shape index (κ2) is 9.24. The van der Waals surface area contributed by atoms with Crippen molar-refractivity contribution < 1.29 is 9.53 Å². The van der Waals surface area contributed by atoms with E-state index in [-0.39, 0.29) is 36.7 Å². The van der Waals surface area contributed by atoms with Crippen molar-refractivity contribution in [2.24, 2.45) is 11.5 Å². The highest BCUT2D eigenvalue weighted by molar-refractivity contribution is 6.05. The number of carbonyl (C=O) groups is 1. The number of hydrogen-bond acceptors (Lipinski definition) is 4. The van der Waals surface area contributed by atoms with Crippen molar-refractivity contribution in [3.63, 3.8) is 0 Å². The van der Waals surface area contributed by atoms with Crippen LogP contribution in [0.4, 0.5) is 0 Å². The summed E-state index contributed by atoms with van der Waals surface area (Å²) >= 11 is 0. The molecule has 1 heterocycles. The molecule has 0 fully saturated rings. The predicted octanol–water partition coefficient (Wildman–Crippen LogP) is 1.70. The minimum Gasteiger partial charge on any atom is -0.493 e. The maximum absolute atomic E-state index is 12.1. The molecule has 0 aliphatic carbocycles. The van der Waals surface area contributed by atoms with Crippen molar-refractivity contribution in [3.05, 3.63) is 30.0 Å². The van der Waals surface area contributed by atoms with Crippen LogP contribution in [0.1, 0.15) is 16.9 Å². The zero-order chi connectivity index (χ0) is 15.4. The number of guanidine groups is 1. The Labute approximate surface area is 146 Å². The number of hydrogen-bond donors (Lipinski definition) is 4. The zero-order valence-corrected chi connectivity index (χ0v) is 14.3. The van der Waals surface area contributed by atoms with E-state index in [0.717, 1.165) is 28.0 Å². The minimum atomic E-state index is -0.357. The number of carbonyl (C=O) groups excluding carboxylic acids is 1. The molecule has 1 aromatic heterocycles. The monoisotopic (exact) mass is 361 g/mol. The highest BCUT2D eigenvalue weighted by Crippen LogP contribution is 2.22. The van der Waals surface area contributed by atoms with Crippen molar-refractivity contribution in [2.45, 2.75) is 6.42 Å². The summed E-state index contributed by atoms with van der Waals surface area (Å²) in [4.78, 5) is 16.2. The number of halogens is 2. The van der Waals surface area contributed by atoms with Crippen LogP contribution in [0.3, 0.4) is 0 Å². The fraction of sp³-hybridized carbons (Fsp3) is 0.286. The van der Waals surface area contributed by atoms with Gasteiger partial charge in [-0.25, -0.2) is 0 Å². The molecule has 0 spiro atoms. The summed E-state index contributed by atoms with van der Waals surface area (Å²) in [6.45, 7) is 1.14. The Balaban J connectivity index is 0.00000242. The molecule has 2 aromatic rings. The lowest BCUT2D eigenvalue weighted by atomic mass is 10.2. The molecule has 6 N–H and O–H groups in total. The molecule has 0 atom stereocenters. The van der Waals surface area contributed by atoms with E-state index in [4.69, 9.17) is 21.6 Å². The molecule has 128 valence electrons. The summed E-state index contributed by atoms with van der Waals surface area (Å²) in [6, 6.07) is 7.26. The predicted molar refractivity (Wildman–Crippen MR) is 96.0 cm³/mol. The molecule has 1 amide bonds. The van der Waals surface area contributed by atoms with E-state index < -0.39 is 0 Å². The Hall–Kier alpha value is -1.96. The molecule has 0 aliphatic rings. The van der Waals surface area contributed by atoms with Gasteiger partial charge in [0, 0.05) is 24.0 Å². The number of H-pyrrole nitrogens is 1. The van der Waals surface area contributed by atoms with Gasteiger partial charge in [-0.3, -0.25) is 15.1 Å². The lowest BCUT2D eigenvalue weighted by Gasteiger charge is -2.12. The first-order chi connectivity index (χ1) is 10.0. The van der Waals surface area contributed by atoms with Crippen LogP contribution in [0.5, 0.6) is 5.75 Å². The van der Waals surface area contributed by atoms with E-state index in [1.165, 1.54) is 7.05 Å². The van der Waals surface area contributed by atoms with E-state index in [1.54, 1.807) is 6.07 Å². The van der Waals surface area contributed by atoms with Gasteiger partial charge in [0.2, 0.25) is 0 Å². The van der Waals surface area contributed by atoms with Gasteiger partial charge in [0.15, 0.2) is 5.96 Å². The molecule has 0 saturated heterocycles. The number of aromatic nitrogens is 1. The largest absolute Gasteiger partial charge is 0.493 e. The van der Waals surface area contributed by atoms with Crippen molar-refractivity contribution in [1.29, 1.82) is 5.41 Å². The average molecular weight is 362 g/mol. The summed E-state index contributed by atoms with van der Waals surface area (Å²) in [7, 11) is 1.46. The van der Waals surface area contributed by atoms with Crippen LogP contribution in [-0.4, -0.2) is 41.9 Å². The Kier molecular flexibility index (Phi) is 8.45. The maximum Gasteiger partial charge on any atom is 0.276 e. The zero-order valence-electron chi connectivity index (χ0n) is 12.7. The fourth-order valence-electron chi connectivity index (χ4n) is 1.87. The number of rotatable bonds is 5. The third-order valence-corrected chi connectivity index (χ3v) is 3.11. The van der Waals surface area contributed by atoms with Crippen LogP contribution in [-0.2, 0) is 0 Å². The SMILES string of the molecule is CN(C(=N)N)C(=O)c1cc2ccc(OCCCN)cc2[nH]1.Cl.Cl. The number of nitrogens with two attached hydrogens (primary N) is 2. The van der Waals surface area contributed by atoms with Gasteiger partial charge in [-0.05, 0) is 31.2 Å². The molecule has 1 aromatic carbocycles. The van der Waals surface area contributed by atoms with Gasteiger partial charge >= 0.3 is 0 Å². The maximum atomic E-state index is 12.1. The summed E-state index contributed by atoms with van der Waals surface area (Å²) < 4.78 is 5.56. The van der Waals surface area contributed by atoms with Crippen molar-refractivity contribution in [3.8, 4) is 5.75 Å². The number of nitrogens with one attached hydrogen (secondary N) is 2. The second-order valence-corrected chi connectivity index (χ2v) is 4.67. The normalized spacial score (nSPS) is 9.65. The Bertz CT molecular complexity index is 674. The van der Waals surface area contributed by atoms with Crippen LogP contribution in [0.15, 0.2) is 24.3 Å². The van der Waals surface area contributed by atoms with Gasteiger partial charge in [-0.2, -0.15) is 0 Å². The van der Waals surface area contributed by atoms with E-state index in [1.807, 2.05) is 18.2 Å². The molecule has 0 radical (unpaired) electrons. The first kappa shape index (κ1) is 21.0. The van der Waals surface area contributed by atoms with Crippen LogP contribution in [0.25, 0.3) is 10.9 Å². The Morgan fingerprint density at radius 3 is 2.65 bits per heavy atom.